The number of carbonyl (C=O) groups excluding carboxylic acids is 2. The average Bonchev–Trinajstić information content (AvgIpc) is 3.17. The van der Waals surface area contributed by atoms with Crippen molar-refractivity contribution in [2.75, 3.05) is 0 Å². The fraction of sp³-hybridized carbons (Fsp3) is 0.263. The molecule has 0 saturated carbocycles. The van der Waals surface area contributed by atoms with E-state index < -0.39 is 17.7 Å². The van der Waals surface area contributed by atoms with Crippen molar-refractivity contribution in [1.29, 1.82) is 0 Å². The standard InChI is InChI=1S/C19H19NO4/c1-3-15(21)16-17(14-9-5-4-7-12(14)2)20(19(23)18(16)22)11-13-8-6-10-24-13/h4-10,17,22H,3,11H2,1-2H3. The average molecular weight is 325 g/mol. The molecule has 0 radical (unpaired) electrons. The van der Waals surface area contributed by atoms with Crippen molar-refractivity contribution in [2.45, 2.75) is 32.9 Å². The number of furan rings is 1. The van der Waals surface area contributed by atoms with Crippen LogP contribution in [-0.4, -0.2) is 21.7 Å². The van der Waals surface area contributed by atoms with E-state index in [9.17, 15) is 14.7 Å². The maximum Gasteiger partial charge on any atom is 0.290 e. The third-order valence-corrected chi connectivity index (χ3v) is 4.31. The molecule has 24 heavy (non-hydrogen) atoms. The van der Waals surface area contributed by atoms with Crippen LogP contribution in [0.1, 0.15) is 36.3 Å². The highest BCUT2D eigenvalue weighted by Gasteiger charge is 2.43. The number of aliphatic hydroxyl groups is 1. The van der Waals surface area contributed by atoms with E-state index in [-0.39, 0.29) is 24.3 Å². The van der Waals surface area contributed by atoms with Gasteiger partial charge in [-0.3, -0.25) is 9.59 Å². The van der Waals surface area contributed by atoms with Gasteiger partial charge < -0.3 is 14.4 Å². The number of benzene rings is 1. The van der Waals surface area contributed by atoms with Crippen LogP contribution in [0, 0.1) is 6.92 Å². The number of hydrogen-bond acceptors (Lipinski definition) is 4. The second-order valence-electron chi connectivity index (χ2n) is 5.81. The molecule has 1 aromatic heterocycles. The van der Waals surface area contributed by atoms with E-state index in [1.807, 2.05) is 31.2 Å². The number of ketones is 1. The van der Waals surface area contributed by atoms with Crippen LogP contribution in [0.15, 0.2) is 58.4 Å². The number of rotatable bonds is 5. The van der Waals surface area contributed by atoms with Crippen molar-refractivity contribution < 1.29 is 19.1 Å². The van der Waals surface area contributed by atoms with Crippen LogP contribution in [0.5, 0.6) is 0 Å². The molecule has 1 N–H and O–H groups in total. The Kier molecular flexibility index (Phi) is 4.25. The van der Waals surface area contributed by atoms with Crippen LogP contribution in [-0.2, 0) is 16.1 Å². The Labute approximate surface area is 140 Å². The summed E-state index contributed by atoms with van der Waals surface area (Å²) in [6.07, 6.45) is 1.76. The summed E-state index contributed by atoms with van der Waals surface area (Å²) in [5, 5.41) is 10.3. The first kappa shape index (κ1) is 16.1. The molecule has 2 aromatic rings. The molecule has 5 nitrogen and oxygen atoms in total. The molecule has 0 aliphatic carbocycles. The lowest BCUT2D eigenvalue weighted by Crippen LogP contribution is -2.30. The third-order valence-electron chi connectivity index (χ3n) is 4.31. The Balaban J connectivity index is 2.10. The lowest BCUT2D eigenvalue weighted by molar-refractivity contribution is -0.130. The van der Waals surface area contributed by atoms with Gasteiger partial charge in [-0.2, -0.15) is 0 Å². The maximum atomic E-state index is 12.6. The molecule has 0 spiro atoms. The summed E-state index contributed by atoms with van der Waals surface area (Å²) in [5.41, 5.74) is 1.96. The second-order valence-corrected chi connectivity index (χ2v) is 5.81. The highest BCUT2D eigenvalue weighted by atomic mass is 16.3. The van der Waals surface area contributed by atoms with E-state index in [1.165, 1.54) is 11.2 Å². The SMILES string of the molecule is CCC(=O)C1=C(O)C(=O)N(Cc2ccco2)C1c1ccccc1C. The number of aliphatic hydroxyl groups excluding tert-OH is 1. The summed E-state index contributed by atoms with van der Waals surface area (Å²) < 4.78 is 5.34. The Bertz CT molecular complexity index is 805. The molecule has 5 heteroatoms. The van der Waals surface area contributed by atoms with Crippen molar-refractivity contribution in [3.05, 3.63) is 70.9 Å². The molecule has 124 valence electrons. The minimum absolute atomic E-state index is 0.170. The molecule has 1 amide bonds. The molecular formula is C19H19NO4. The lowest BCUT2D eigenvalue weighted by Gasteiger charge is -2.27. The van der Waals surface area contributed by atoms with Crippen LogP contribution < -0.4 is 0 Å². The number of carbonyl (C=O) groups is 2. The molecule has 1 unspecified atom stereocenters. The lowest BCUT2D eigenvalue weighted by atomic mass is 9.92. The number of aryl methyl sites for hydroxylation is 1. The van der Waals surface area contributed by atoms with Crippen molar-refractivity contribution in [2.24, 2.45) is 0 Å². The Morgan fingerprint density at radius 1 is 1.25 bits per heavy atom. The van der Waals surface area contributed by atoms with Crippen LogP contribution in [0.3, 0.4) is 0 Å². The van der Waals surface area contributed by atoms with Crippen molar-refractivity contribution in [1.82, 2.24) is 4.90 Å². The molecule has 1 atom stereocenters. The molecule has 3 rings (SSSR count). The van der Waals surface area contributed by atoms with Crippen molar-refractivity contribution in [3.63, 3.8) is 0 Å². The predicted octanol–water partition coefficient (Wildman–Crippen LogP) is 3.46. The van der Waals surface area contributed by atoms with Crippen LogP contribution in [0.4, 0.5) is 0 Å². The largest absolute Gasteiger partial charge is 0.503 e. The maximum absolute atomic E-state index is 12.6. The minimum Gasteiger partial charge on any atom is -0.503 e. The van der Waals surface area contributed by atoms with Gasteiger partial charge in [-0.15, -0.1) is 0 Å². The molecule has 0 fully saturated rings. The van der Waals surface area contributed by atoms with Crippen molar-refractivity contribution >= 4 is 11.7 Å². The van der Waals surface area contributed by atoms with E-state index in [1.54, 1.807) is 19.1 Å². The van der Waals surface area contributed by atoms with Gasteiger partial charge in [0.15, 0.2) is 11.5 Å². The van der Waals surface area contributed by atoms with Gasteiger partial charge in [0.25, 0.3) is 5.91 Å². The monoisotopic (exact) mass is 325 g/mol. The van der Waals surface area contributed by atoms with E-state index in [0.717, 1.165) is 11.1 Å². The van der Waals surface area contributed by atoms with Crippen LogP contribution in [0.2, 0.25) is 0 Å². The van der Waals surface area contributed by atoms with E-state index in [2.05, 4.69) is 0 Å². The highest BCUT2D eigenvalue weighted by Crippen LogP contribution is 2.40. The van der Waals surface area contributed by atoms with E-state index >= 15 is 0 Å². The normalized spacial score (nSPS) is 17.7. The van der Waals surface area contributed by atoms with E-state index in [4.69, 9.17) is 4.42 Å². The molecule has 0 bridgehead atoms. The number of nitrogens with zero attached hydrogens (tertiary/aromatic N) is 1. The zero-order chi connectivity index (χ0) is 17.3. The van der Waals surface area contributed by atoms with Crippen LogP contribution >= 0.6 is 0 Å². The first-order valence-electron chi connectivity index (χ1n) is 7.89. The number of Topliss-reactive ketones (excluding diaryl/α,β-unsaturated/α-hetero) is 1. The van der Waals surface area contributed by atoms with Gasteiger partial charge in [0.05, 0.1) is 24.4 Å². The Hall–Kier alpha value is -2.82. The smallest absolute Gasteiger partial charge is 0.290 e. The van der Waals surface area contributed by atoms with E-state index in [0.29, 0.717) is 5.76 Å². The summed E-state index contributed by atoms with van der Waals surface area (Å²) >= 11 is 0. The summed E-state index contributed by atoms with van der Waals surface area (Å²) in [4.78, 5) is 26.5. The fourth-order valence-corrected chi connectivity index (χ4v) is 3.08. The summed E-state index contributed by atoms with van der Waals surface area (Å²) in [7, 11) is 0. The zero-order valence-corrected chi connectivity index (χ0v) is 13.7. The number of amides is 1. The van der Waals surface area contributed by atoms with Gasteiger partial charge in [-0.05, 0) is 30.2 Å². The molecular weight excluding hydrogens is 306 g/mol. The van der Waals surface area contributed by atoms with Gasteiger partial charge in [0.1, 0.15) is 5.76 Å². The fourth-order valence-electron chi connectivity index (χ4n) is 3.08. The van der Waals surface area contributed by atoms with Gasteiger partial charge in [-0.1, -0.05) is 31.2 Å². The Morgan fingerprint density at radius 2 is 2.00 bits per heavy atom. The number of hydrogen-bond donors (Lipinski definition) is 1. The Morgan fingerprint density at radius 3 is 2.62 bits per heavy atom. The van der Waals surface area contributed by atoms with Gasteiger partial charge in [0.2, 0.25) is 0 Å². The molecule has 1 aromatic carbocycles. The summed E-state index contributed by atoms with van der Waals surface area (Å²) in [6, 6.07) is 10.5. The van der Waals surface area contributed by atoms with Crippen LogP contribution in [0.25, 0.3) is 0 Å². The topological polar surface area (TPSA) is 70.8 Å². The van der Waals surface area contributed by atoms with Gasteiger partial charge >= 0.3 is 0 Å². The first-order chi connectivity index (χ1) is 11.5. The summed E-state index contributed by atoms with van der Waals surface area (Å²) in [5.74, 6) is -0.630. The zero-order valence-electron chi connectivity index (χ0n) is 13.7. The van der Waals surface area contributed by atoms with Gasteiger partial charge in [0, 0.05) is 6.42 Å². The minimum atomic E-state index is -0.601. The third kappa shape index (κ3) is 2.62. The first-order valence-corrected chi connectivity index (χ1v) is 7.89. The molecule has 1 aliphatic heterocycles. The predicted molar refractivity (Wildman–Crippen MR) is 88.1 cm³/mol. The van der Waals surface area contributed by atoms with Crippen molar-refractivity contribution in [3.8, 4) is 0 Å². The molecule has 2 heterocycles. The molecule has 0 saturated heterocycles. The quantitative estimate of drug-likeness (QED) is 0.914. The highest BCUT2D eigenvalue weighted by molar-refractivity contribution is 6.08. The summed E-state index contributed by atoms with van der Waals surface area (Å²) in [6.45, 7) is 3.83. The molecule has 1 aliphatic rings. The van der Waals surface area contributed by atoms with Gasteiger partial charge in [-0.25, -0.2) is 0 Å². The second kappa shape index (κ2) is 6.35.